The Labute approximate surface area is 124 Å². The fourth-order valence-electron chi connectivity index (χ4n) is 3.75. The lowest BCUT2D eigenvalue weighted by Gasteiger charge is -2.45. The molecular formula is C17H22FNO2. The maximum atomic E-state index is 13.1. The van der Waals surface area contributed by atoms with Gasteiger partial charge < -0.3 is 10.1 Å². The first kappa shape index (κ1) is 14.5. The van der Waals surface area contributed by atoms with E-state index in [2.05, 4.69) is 5.32 Å². The summed E-state index contributed by atoms with van der Waals surface area (Å²) in [6.07, 6.45) is 5.49. The van der Waals surface area contributed by atoms with Crippen LogP contribution in [0.3, 0.4) is 0 Å². The average molecular weight is 291 g/mol. The van der Waals surface area contributed by atoms with E-state index in [0.29, 0.717) is 5.92 Å². The van der Waals surface area contributed by atoms with Crippen LogP contribution < -0.4 is 5.32 Å². The molecule has 21 heavy (non-hydrogen) atoms. The second-order valence-electron chi connectivity index (χ2n) is 6.21. The third kappa shape index (κ3) is 3.26. The Kier molecular flexibility index (Phi) is 4.24. The second kappa shape index (κ2) is 6.14. The third-order valence-corrected chi connectivity index (χ3v) is 4.71. The fraction of sp³-hybridized carbons (Fsp3) is 0.588. The maximum Gasteiger partial charge on any atom is 0.217 e. The van der Waals surface area contributed by atoms with Crippen LogP contribution in [0.5, 0.6) is 0 Å². The number of ether oxygens (including phenoxy) is 1. The SMILES string of the molecule is CC(=O)N[C@@H]1C[C@H](c2ccc(F)cc2)O[C@@H]2CCCC[C@@H]12. The Morgan fingerprint density at radius 2 is 1.95 bits per heavy atom. The number of rotatable bonds is 2. The molecule has 1 saturated carbocycles. The van der Waals surface area contributed by atoms with Crippen LogP contribution in [0.25, 0.3) is 0 Å². The van der Waals surface area contributed by atoms with Gasteiger partial charge in [0.15, 0.2) is 0 Å². The van der Waals surface area contributed by atoms with Gasteiger partial charge in [-0.15, -0.1) is 0 Å². The van der Waals surface area contributed by atoms with Crippen molar-refractivity contribution in [1.82, 2.24) is 5.32 Å². The number of nitrogens with one attached hydrogen (secondary N) is 1. The predicted molar refractivity (Wildman–Crippen MR) is 78.2 cm³/mol. The van der Waals surface area contributed by atoms with Crippen molar-refractivity contribution in [3.05, 3.63) is 35.6 Å². The van der Waals surface area contributed by atoms with Gasteiger partial charge in [-0.3, -0.25) is 4.79 Å². The largest absolute Gasteiger partial charge is 0.370 e. The first-order valence-electron chi connectivity index (χ1n) is 7.81. The van der Waals surface area contributed by atoms with Crippen LogP contribution in [-0.4, -0.2) is 18.1 Å². The number of carbonyl (C=O) groups excluding carboxylic acids is 1. The van der Waals surface area contributed by atoms with E-state index in [-0.39, 0.29) is 30.0 Å². The summed E-state index contributed by atoms with van der Waals surface area (Å²) in [4.78, 5) is 11.5. The van der Waals surface area contributed by atoms with E-state index >= 15 is 0 Å². The summed E-state index contributed by atoms with van der Waals surface area (Å²) in [5.74, 6) is 0.201. The van der Waals surface area contributed by atoms with Gasteiger partial charge >= 0.3 is 0 Å². The Morgan fingerprint density at radius 3 is 2.67 bits per heavy atom. The van der Waals surface area contributed by atoms with Crippen molar-refractivity contribution in [2.24, 2.45) is 5.92 Å². The molecule has 3 nitrogen and oxygen atoms in total. The van der Waals surface area contributed by atoms with E-state index in [0.717, 1.165) is 24.8 Å². The van der Waals surface area contributed by atoms with E-state index in [9.17, 15) is 9.18 Å². The zero-order valence-corrected chi connectivity index (χ0v) is 12.3. The van der Waals surface area contributed by atoms with Crippen molar-refractivity contribution < 1.29 is 13.9 Å². The number of fused-ring (bicyclic) bond motifs is 1. The van der Waals surface area contributed by atoms with Gasteiger partial charge in [0.05, 0.1) is 12.2 Å². The molecule has 0 bridgehead atoms. The lowest BCUT2D eigenvalue weighted by molar-refractivity contribution is -0.131. The molecule has 1 aromatic carbocycles. The highest BCUT2D eigenvalue weighted by atomic mass is 19.1. The van der Waals surface area contributed by atoms with Crippen molar-refractivity contribution in [2.45, 2.75) is 57.3 Å². The second-order valence-corrected chi connectivity index (χ2v) is 6.21. The predicted octanol–water partition coefficient (Wildman–Crippen LogP) is 3.35. The summed E-state index contributed by atoms with van der Waals surface area (Å²) in [6.45, 7) is 1.57. The summed E-state index contributed by atoms with van der Waals surface area (Å²) < 4.78 is 19.3. The number of hydrogen-bond donors (Lipinski definition) is 1. The van der Waals surface area contributed by atoms with Crippen LogP contribution >= 0.6 is 0 Å². The fourth-order valence-corrected chi connectivity index (χ4v) is 3.75. The number of benzene rings is 1. The molecule has 0 aromatic heterocycles. The van der Waals surface area contributed by atoms with E-state index in [1.165, 1.54) is 25.0 Å². The summed E-state index contributed by atoms with van der Waals surface area (Å²) >= 11 is 0. The van der Waals surface area contributed by atoms with Gasteiger partial charge in [0.2, 0.25) is 5.91 Å². The van der Waals surface area contributed by atoms with Crippen molar-refractivity contribution in [2.75, 3.05) is 0 Å². The van der Waals surface area contributed by atoms with Crippen LogP contribution in [0, 0.1) is 11.7 Å². The standard InChI is InChI=1S/C17H22FNO2/c1-11(20)19-15-10-17(12-6-8-13(18)9-7-12)21-16-5-3-2-4-14(15)16/h6-9,14-17H,2-5,10H2,1H3,(H,19,20)/t14-,15+,16+,17+/m0/s1. The monoisotopic (exact) mass is 291 g/mol. The highest BCUT2D eigenvalue weighted by Gasteiger charge is 2.40. The Hall–Kier alpha value is -1.42. The highest BCUT2D eigenvalue weighted by Crippen LogP contribution is 2.41. The van der Waals surface area contributed by atoms with Gasteiger partial charge in [0, 0.05) is 18.9 Å². The van der Waals surface area contributed by atoms with Crippen LogP contribution in [0.2, 0.25) is 0 Å². The maximum absolute atomic E-state index is 13.1. The molecule has 1 N–H and O–H groups in total. The molecule has 1 aromatic rings. The zero-order valence-electron chi connectivity index (χ0n) is 12.3. The molecule has 1 amide bonds. The molecule has 1 aliphatic carbocycles. The Morgan fingerprint density at radius 1 is 1.24 bits per heavy atom. The lowest BCUT2D eigenvalue weighted by Crippen LogP contribution is -2.50. The molecule has 0 spiro atoms. The van der Waals surface area contributed by atoms with Crippen LogP contribution in [0.1, 0.15) is 50.7 Å². The van der Waals surface area contributed by atoms with Crippen molar-refractivity contribution in [1.29, 1.82) is 0 Å². The van der Waals surface area contributed by atoms with Gasteiger partial charge in [0.25, 0.3) is 0 Å². The third-order valence-electron chi connectivity index (χ3n) is 4.71. The molecule has 4 atom stereocenters. The summed E-state index contributed by atoms with van der Waals surface area (Å²) in [5, 5.41) is 3.10. The minimum Gasteiger partial charge on any atom is -0.370 e. The minimum atomic E-state index is -0.233. The van der Waals surface area contributed by atoms with E-state index in [4.69, 9.17) is 4.74 Å². The Bertz CT molecular complexity index is 502. The van der Waals surface area contributed by atoms with Crippen molar-refractivity contribution >= 4 is 5.91 Å². The van der Waals surface area contributed by atoms with Crippen molar-refractivity contribution in [3.8, 4) is 0 Å². The highest BCUT2D eigenvalue weighted by molar-refractivity contribution is 5.73. The number of carbonyl (C=O) groups is 1. The molecule has 1 saturated heterocycles. The van der Waals surface area contributed by atoms with Crippen LogP contribution in [0.15, 0.2) is 24.3 Å². The molecule has 4 heteroatoms. The molecule has 2 fully saturated rings. The van der Waals surface area contributed by atoms with E-state index < -0.39 is 0 Å². The molecular weight excluding hydrogens is 269 g/mol. The van der Waals surface area contributed by atoms with Crippen LogP contribution in [-0.2, 0) is 9.53 Å². The van der Waals surface area contributed by atoms with E-state index in [1.54, 1.807) is 19.1 Å². The van der Waals surface area contributed by atoms with Gasteiger partial charge in [-0.05, 0) is 37.0 Å². The minimum absolute atomic E-state index is 0.0177. The first-order valence-corrected chi connectivity index (χ1v) is 7.81. The summed E-state index contributed by atoms with van der Waals surface area (Å²) in [6, 6.07) is 6.68. The summed E-state index contributed by atoms with van der Waals surface area (Å²) in [5.41, 5.74) is 0.996. The average Bonchev–Trinajstić information content (AvgIpc) is 2.47. The molecule has 1 heterocycles. The molecule has 2 aliphatic rings. The van der Waals surface area contributed by atoms with Gasteiger partial charge in [-0.2, -0.15) is 0 Å². The first-order chi connectivity index (χ1) is 10.1. The molecule has 0 unspecified atom stereocenters. The molecule has 114 valence electrons. The zero-order chi connectivity index (χ0) is 14.8. The molecule has 1 aliphatic heterocycles. The quantitative estimate of drug-likeness (QED) is 0.907. The molecule has 3 rings (SSSR count). The topological polar surface area (TPSA) is 38.3 Å². The van der Waals surface area contributed by atoms with E-state index in [1.807, 2.05) is 0 Å². The lowest BCUT2D eigenvalue weighted by atomic mass is 9.76. The number of halogens is 1. The normalized spacial score (nSPS) is 32.3. The number of amides is 1. The Balaban J connectivity index is 1.79. The van der Waals surface area contributed by atoms with Crippen molar-refractivity contribution in [3.63, 3.8) is 0 Å². The number of hydrogen-bond acceptors (Lipinski definition) is 2. The summed E-state index contributed by atoms with van der Waals surface area (Å²) in [7, 11) is 0. The van der Waals surface area contributed by atoms with Gasteiger partial charge in [-0.1, -0.05) is 25.0 Å². The van der Waals surface area contributed by atoms with Gasteiger partial charge in [0.1, 0.15) is 5.82 Å². The van der Waals surface area contributed by atoms with Crippen LogP contribution in [0.4, 0.5) is 4.39 Å². The molecule has 0 radical (unpaired) electrons. The van der Waals surface area contributed by atoms with Gasteiger partial charge in [-0.25, -0.2) is 4.39 Å². The smallest absolute Gasteiger partial charge is 0.217 e.